The van der Waals surface area contributed by atoms with Crippen molar-refractivity contribution in [1.29, 1.82) is 0 Å². The highest BCUT2D eigenvalue weighted by molar-refractivity contribution is 7.17. The number of carbonyl (C=O) groups is 1. The Balaban J connectivity index is 2.28. The van der Waals surface area contributed by atoms with E-state index in [-0.39, 0.29) is 5.78 Å². The Labute approximate surface area is 97.6 Å². The van der Waals surface area contributed by atoms with Crippen LogP contribution < -0.4 is 4.90 Å². The van der Waals surface area contributed by atoms with Gasteiger partial charge in [0, 0.05) is 19.7 Å². The van der Waals surface area contributed by atoms with E-state index >= 15 is 0 Å². The molecule has 2 aromatic rings. The third-order valence-electron chi connectivity index (χ3n) is 2.03. The first-order valence-corrected chi connectivity index (χ1v) is 5.60. The first-order valence-electron chi connectivity index (χ1n) is 4.79. The fourth-order valence-corrected chi connectivity index (χ4v) is 1.93. The normalized spacial score (nSPS) is 10.1. The minimum atomic E-state index is -0.0776. The molecule has 0 atom stereocenters. The number of nitrogens with zero attached hydrogens (tertiary/aromatic N) is 3. The van der Waals surface area contributed by atoms with Gasteiger partial charge in [-0.3, -0.25) is 4.79 Å². The van der Waals surface area contributed by atoms with Crippen molar-refractivity contribution in [3.8, 4) is 0 Å². The number of rotatable bonds is 3. The summed E-state index contributed by atoms with van der Waals surface area (Å²) in [7, 11) is 3.74. The molecule has 0 saturated heterocycles. The van der Waals surface area contributed by atoms with Crippen LogP contribution in [-0.2, 0) is 0 Å². The average Bonchev–Trinajstić information content (AvgIpc) is 2.78. The molecule has 2 rings (SSSR count). The van der Waals surface area contributed by atoms with Crippen molar-refractivity contribution >= 4 is 22.3 Å². The Hall–Kier alpha value is -1.75. The van der Waals surface area contributed by atoms with Crippen LogP contribution in [-0.4, -0.2) is 30.1 Å². The molecule has 0 aliphatic rings. The Bertz CT molecular complexity index is 493. The maximum Gasteiger partial charge on any atom is 0.223 e. The summed E-state index contributed by atoms with van der Waals surface area (Å²) >= 11 is 1.30. The largest absolute Gasteiger partial charge is 0.353 e. The van der Waals surface area contributed by atoms with Gasteiger partial charge in [0.2, 0.25) is 10.9 Å². The van der Waals surface area contributed by atoms with E-state index in [1.54, 1.807) is 12.1 Å². The lowest BCUT2D eigenvalue weighted by molar-refractivity contribution is 0.103. The topological polar surface area (TPSA) is 46.1 Å². The summed E-state index contributed by atoms with van der Waals surface area (Å²) in [5, 5.41) is 8.99. The van der Waals surface area contributed by atoms with Crippen LogP contribution in [0.3, 0.4) is 0 Å². The molecule has 16 heavy (non-hydrogen) atoms. The standard InChI is InChI=1S/C11H11N3OS/c1-14(2)11-13-12-10(16-11)9(15)8-6-4-3-5-7-8/h3-7H,1-2H3. The monoisotopic (exact) mass is 233 g/mol. The molecule has 0 aliphatic heterocycles. The predicted molar refractivity (Wildman–Crippen MR) is 64.1 cm³/mol. The molecule has 1 aromatic heterocycles. The van der Waals surface area contributed by atoms with Crippen LogP contribution >= 0.6 is 11.3 Å². The van der Waals surface area contributed by atoms with Crippen LogP contribution in [0.5, 0.6) is 0 Å². The van der Waals surface area contributed by atoms with Gasteiger partial charge in [0.15, 0.2) is 5.01 Å². The molecular weight excluding hydrogens is 222 g/mol. The highest BCUT2D eigenvalue weighted by Gasteiger charge is 2.15. The molecule has 1 heterocycles. The van der Waals surface area contributed by atoms with E-state index in [9.17, 15) is 4.79 Å². The maximum atomic E-state index is 12.0. The SMILES string of the molecule is CN(C)c1nnc(C(=O)c2ccccc2)s1. The quantitative estimate of drug-likeness (QED) is 0.759. The van der Waals surface area contributed by atoms with Gasteiger partial charge in [-0.2, -0.15) is 0 Å². The zero-order valence-electron chi connectivity index (χ0n) is 9.04. The van der Waals surface area contributed by atoms with Crippen LogP contribution in [0.2, 0.25) is 0 Å². The van der Waals surface area contributed by atoms with Gasteiger partial charge in [-0.05, 0) is 0 Å². The van der Waals surface area contributed by atoms with E-state index in [0.717, 1.165) is 5.13 Å². The molecule has 5 heteroatoms. The molecule has 4 nitrogen and oxygen atoms in total. The summed E-state index contributed by atoms with van der Waals surface area (Å²) in [6, 6.07) is 9.10. The Morgan fingerprint density at radius 3 is 2.44 bits per heavy atom. The smallest absolute Gasteiger partial charge is 0.223 e. The molecule has 0 aliphatic carbocycles. The van der Waals surface area contributed by atoms with Gasteiger partial charge in [0.1, 0.15) is 0 Å². The van der Waals surface area contributed by atoms with Gasteiger partial charge in [-0.25, -0.2) is 0 Å². The van der Waals surface area contributed by atoms with Crippen LogP contribution in [0.15, 0.2) is 30.3 Å². The van der Waals surface area contributed by atoms with E-state index in [0.29, 0.717) is 10.6 Å². The van der Waals surface area contributed by atoms with Gasteiger partial charge in [0.05, 0.1) is 0 Å². The Kier molecular flexibility index (Phi) is 2.96. The van der Waals surface area contributed by atoms with Crippen LogP contribution in [0.1, 0.15) is 15.4 Å². The first kappa shape index (κ1) is 10.8. The molecule has 0 bridgehead atoms. The van der Waals surface area contributed by atoms with E-state index in [1.807, 2.05) is 37.2 Å². The number of carbonyl (C=O) groups excluding carboxylic acids is 1. The highest BCUT2D eigenvalue weighted by atomic mass is 32.1. The predicted octanol–water partition coefficient (Wildman–Crippen LogP) is 1.84. The number of ketones is 1. The minimum absolute atomic E-state index is 0.0776. The molecule has 0 saturated carbocycles. The zero-order chi connectivity index (χ0) is 11.5. The van der Waals surface area contributed by atoms with E-state index in [2.05, 4.69) is 10.2 Å². The molecule has 0 N–H and O–H groups in total. The zero-order valence-corrected chi connectivity index (χ0v) is 9.86. The molecule has 0 unspecified atom stereocenters. The van der Waals surface area contributed by atoms with Crippen LogP contribution in [0.25, 0.3) is 0 Å². The molecule has 0 amide bonds. The lowest BCUT2D eigenvalue weighted by atomic mass is 10.1. The molecule has 0 radical (unpaired) electrons. The average molecular weight is 233 g/mol. The molecular formula is C11H11N3OS. The number of hydrogen-bond donors (Lipinski definition) is 0. The number of aromatic nitrogens is 2. The number of anilines is 1. The third kappa shape index (κ3) is 2.09. The Morgan fingerprint density at radius 2 is 1.88 bits per heavy atom. The van der Waals surface area contributed by atoms with Gasteiger partial charge >= 0.3 is 0 Å². The van der Waals surface area contributed by atoms with Gasteiger partial charge in [-0.1, -0.05) is 41.7 Å². The van der Waals surface area contributed by atoms with Crippen molar-refractivity contribution in [2.75, 3.05) is 19.0 Å². The van der Waals surface area contributed by atoms with Crippen molar-refractivity contribution in [1.82, 2.24) is 10.2 Å². The third-order valence-corrected chi connectivity index (χ3v) is 3.12. The molecule has 0 fully saturated rings. The Morgan fingerprint density at radius 1 is 1.19 bits per heavy atom. The highest BCUT2D eigenvalue weighted by Crippen LogP contribution is 2.20. The summed E-state index contributed by atoms with van der Waals surface area (Å²) in [6.07, 6.45) is 0. The first-order chi connectivity index (χ1) is 7.68. The van der Waals surface area contributed by atoms with Gasteiger partial charge in [0.25, 0.3) is 0 Å². The minimum Gasteiger partial charge on any atom is -0.353 e. The van der Waals surface area contributed by atoms with Crippen molar-refractivity contribution in [3.63, 3.8) is 0 Å². The fourth-order valence-electron chi connectivity index (χ4n) is 1.20. The second-order valence-corrected chi connectivity index (χ2v) is 4.44. The summed E-state index contributed by atoms with van der Waals surface area (Å²) in [6.45, 7) is 0. The molecule has 82 valence electrons. The van der Waals surface area contributed by atoms with E-state index in [1.165, 1.54) is 11.3 Å². The van der Waals surface area contributed by atoms with Gasteiger partial charge in [-0.15, -0.1) is 10.2 Å². The summed E-state index contributed by atoms with van der Waals surface area (Å²) in [5.74, 6) is -0.0776. The van der Waals surface area contributed by atoms with Gasteiger partial charge < -0.3 is 4.90 Å². The second-order valence-electron chi connectivity index (χ2n) is 3.48. The second kappa shape index (κ2) is 4.40. The summed E-state index contributed by atoms with van der Waals surface area (Å²) in [5.41, 5.74) is 0.643. The van der Waals surface area contributed by atoms with Crippen molar-refractivity contribution < 1.29 is 4.79 Å². The summed E-state index contributed by atoms with van der Waals surface area (Å²) in [4.78, 5) is 13.8. The number of hydrogen-bond acceptors (Lipinski definition) is 5. The fraction of sp³-hybridized carbons (Fsp3) is 0.182. The van der Waals surface area contributed by atoms with Crippen molar-refractivity contribution in [3.05, 3.63) is 40.9 Å². The lowest BCUT2D eigenvalue weighted by Crippen LogP contribution is -2.07. The summed E-state index contributed by atoms with van der Waals surface area (Å²) < 4.78 is 0. The van der Waals surface area contributed by atoms with Crippen molar-refractivity contribution in [2.45, 2.75) is 0 Å². The molecule has 1 aromatic carbocycles. The van der Waals surface area contributed by atoms with Crippen LogP contribution in [0.4, 0.5) is 5.13 Å². The van der Waals surface area contributed by atoms with Crippen molar-refractivity contribution in [2.24, 2.45) is 0 Å². The number of benzene rings is 1. The van der Waals surface area contributed by atoms with Crippen LogP contribution in [0, 0.1) is 0 Å². The van der Waals surface area contributed by atoms with E-state index < -0.39 is 0 Å². The molecule has 0 spiro atoms. The maximum absolute atomic E-state index is 12.0. The van der Waals surface area contributed by atoms with E-state index in [4.69, 9.17) is 0 Å². The lowest BCUT2D eigenvalue weighted by Gasteiger charge is -2.03.